The molecule has 2 saturated heterocycles. The van der Waals surface area contributed by atoms with Crippen LogP contribution in [0.4, 0.5) is 22.7 Å². The third kappa shape index (κ3) is 11.1. The van der Waals surface area contributed by atoms with E-state index in [1.54, 1.807) is 24.3 Å². The first-order chi connectivity index (χ1) is 29.2. The predicted molar refractivity (Wildman–Crippen MR) is 232 cm³/mol. The quantitative estimate of drug-likeness (QED) is 0.0338. The highest BCUT2D eigenvalue weighted by atomic mass is 16.7. The van der Waals surface area contributed by atoms with Crippen molar-refractivity contribution in [3.63, 3.8) is 0 Å². The van der Waals surface area contributed by atoms with Crippen LogP contribution in [-0.4, -0.2) is 65.6 Å². The first-order valence-corrected chi connectivity index (χ1v) is 20.5. The summed E-state index contributed by atoms with van der Waals surface area (Å²) in [7, 11) is 0. The largest absolute Gasteiger partial charge is 0.397 e. The molecule has 2 fully saturated rings. The molecule has 5 N–H and O–H groups in total. The Balaban J connectivity index is 0.948. The number of carbonyl (C=O) groups is 2. The van der Waals surface area contributed by atoms with E-state index in [4.69, 9.17) is 15.2 Å². The van der Waals surface area contributed by atoms with E-state index in [1.165, 1.54) is 0 Å². The number of para-hydroxylation sites is 2. The molecule has 2 aliphatic heterocycles. The van der Waals surface area contributed by atoms with Crippen LogP contribution in [0.15, 0.2) is 121 Å². The van der Waals surface area contributed by atoms with Gasteiger partial charge in [0.15, 0.2) is 6.29 Å². The molecule has 0 aromatic heterocycles. The van der Waals surface area contributed by atoms with Gasteiger partial charge in [0.1, 0.15) is 0 Å². The van der Waals surface area contributed by atoms with E-state index in [1.807, 2.05) is 84.9 Å². The van der Waals surface area contributed by atoms with Gasteiger partial charge in [0.25, 0.3) is 5.69 Å². The van der Waals surface area contributed by atoms with Crippen LogP contribution < -0.4 is 21.3 Å². The molecule has 3 unspecified atom stereocenters. The van der Waals surface area contributed by atoms with Crippen LogP contribution in [0.3, 0.4) is 0 Å². The second kappa shape index (κ2) is 20.2. The lowest BCUT2D eigenvalue weighted by Gasteiger charge is -2.41. The number of anilines is 3. The molecule has 60 heavy (non-hydrogen) atoms. The Morgan fingerprint density at radius 1 is 0.783 bits per heavy atom. The van der Waals surface area contributed by atoms with Crippen molar-refractivity contribution in [3.8, 4) is 11.1 Å². The van der Waals surface area contributed by atoms with Gasteiger partial charge >= 0.3 is 0 Å². The van der Waals surface area contributed by atoms with Crippen molar-refractivity contribution in [2.24, 2.45) is 0 Å². The van der Waals surface area contributed by atoms with E-state index < -0.39 is 6.29 Å². The number of nitro benzene ring substituents is 1. The van der Waals surface area contributed by atoms with Gasteiger partial charge in [-0.2, -0.15) is 0 Å². The smallest absolute Gasteiger partial charge is 0.269 e. The van der Waals surface area contributed by atoms with E-state index in [9.17, 15) is 24.8 Å². The molecule has 0 saturated carbocycles. The summed E-state index contributed by atoms with van der Waals surface area (Å²) in [5.41, 5.74) is 13.9. The van der Waals surface area contributed by atoms with Crippen molar-refractivity contribution in [1.82, 2.24) is 10.2 Å². The lowest BCUT2D eigenvalue weighted by molar-refractivity contribution is -0.384. The number of rotatable bonds is 16. The van der Waals surface area contributed by atoms with Crippen LogP contribution in [0.1, 0.15) is 66.8 Å². The molecule has 312 valence electrons. The number of piperazine rings is 1. The number of aliphatic hydroxyl groups is 1. The van der Waals surface area contributed by atoms with Crippen molar-refractivity contribution in [3.05, 3.63) is 154 Å². The SMILES string of the molecule is Nc1ccccc1NC(=O)CCCCC(=O)NCc1ccccc1-c1ccc(C2OC(CN3CCN(c4ccc([N+](=O)[O-])cc4)CC3)CC(c3ccc(CO)cc3)O2)cc1. The minimum atomic E-state index is -0.598. The Kier molecular flexibility index (Phi) is 14.2. The van der Waals surface area contributed by atoms with Gasteiger partial charge in [-0.1, -0.05) is 84.9 Å². The summed E-state index contributed by atoms with van der Waals surface area (Å²) in [5.74, 6) is -0.197. The first kappa shape index (κ1) is 42.0. The molecule has 13 nitrogen and oxygen atoms in total. The number of ether oxygens (including phenoxy) is 2. The van der Waals surface area contributed by atoms with E-state index in [-0.39, 0.29) is 41.2 Å². The van der Waals surface area contributed by atoms with Crippen molar-refractivity contribution in [1.29, 1.82) is 0 Å². The van der Waals surface area contributed by atoms with Crippen molar-refractivity contribution in [2.75, 3.05) is 48.7 Å². The summed E-state index contributed by atoms with van der Waals surface area (Å²) in [6.45, 7) is 4.34. The zero-order valence-electron chi connectivity index (χ0n) is 33.6. The molecular formula is C47H52N6O7. The van der Waals surface area contributed by atoms with Crippen LogP contribution in [-0.2, 0) is 32.2 Å². The number of amides is 2. The van der Waals surface area contributed by atoms with Gasteiger partial charge in [0.05, 0.1) is 35.1 Å². The number of unbranched alkanes of at least 4 members (excludes halogenated alkanes) is 1. The minimum absolute atomic E-state index is 0.0259. The van der Waals surface area contributed by atoms with Gasteiger partial charge in [-0.05, 0) is 64.9 Å². The third-order valence-corrected chi connectivity index (χ3v) is 11.2. The topological polar surface area (TPSA) is 173 Å². The molecule has 5 aromatic rings. The molecule has 0 aliphatic carbocycles. The third-order valence-electron chi connectivity index (χ3n) is 11.2. The maximum atomic E-state index is 12.8. The van der Waals surface area contributed by atoms with Gasteiger partial charge in [-0.15, -0.1) is 0 Å². The minimum Gasteiger partial charge on any atom is -0.397 e. The maximum Gasteiger partial charge on any atom is 0.269 e. The Hall–Kier alpha value is -6.12. The van der Waals surface area contributed by atoms with Gasteiger partial charge in [-0.25, -0.2) is 0 Å². The highest BCUT2D eigenvalue weighted by molar-refractivity contribution is 5.93. The molecule has 0 radical (unpaired) electrons. The molecule has 5 aromatic carbocycles. The average Bonchev–Trinajstić information content (AvgIpc) is 3.28. The van der Waals surface area contributed by atoms with Crippen LogP contribution >= 0.6 is 0 Å². The lowest BCUT2D eigenvalue weighted by Crippen LogP contribution is -2.49. The van der Waals surface area contributed by atoms with Gasteiger partial charge < -0.3 is 35.8 Å². The number of hydrogen-bond donors (Lipinski definition) is 4. The predicted octanol–water partition coefficient (Wildman–Crippen LogP) is 7.52. The summed E-state index contributed by atoms with van der Waals surface area (Å²) in [6, 6.07) is 37.9. The Morgan fingerprint density at radius 2 is 1.45 bits per heavy atom. The Labute approximate surface area is 350 Å². The summed E-state index contributed by atoms with van der Waals surface area (Å²) < 4.78 is 13.3. The number of nitrogens with zero attached hydrogens (tertiary/aromatic N) is 3. The summed E-state index contributed by atoms with van der Waals surface area (Å²) in [5, 5.41) is 26.6. The number of nitrogens with one attached hydrogen (secondary N) is 2. The Bertz CT molecular complexity index is 2210. The first-order valence-electron chi connectivity index (χ1n) is 20.5. The van der Waals surface area contributed by atoms with Crippen LogP contribution in [0, 0.1) is 10.1 Å². The summed E-state index contributed by atoms with van der Waals surface area (Å²) >= 11 is 0. The number of nitrogens with two attached hydrogens (primary N) is 1. The van der Waals surface area contributed by atoms with E-state index in [0.29, 0.717) is 50.0 Å². The number of nitro groups is 1. The molecular weight excluding hydrogens is 761 g/mol. The van der Waals surface area contributed by atoms with E-state index in [0.717, 1.165) is 71.8 Å². The van der Waals surface area contributed by atoms with Crippen LogP contribution in [0.25, 0.3) is 11.1 Å². The molecule has 2 heterocycles. The molecule has 0 bridgehead atoms. The number of benzene rings is 5. The number of carbonyl (C=O) groups excluding carboxylic acids is 2. The van der Waals surface area contributed by atoms with E-state index >= 15 is 0 Å². The van der Waals surface area contributed by atoms with E-state index in [2.05, 4.69) is 32.6 Å². The monoisotopic (exact) mass is 812 g/mol. The molecule has 7 rings (SSSR count). The highest BCUT2D eigenvalue weighted by Gasteiger charge is 2.34. The fourth-order valence-electron chi connectivity index (χ4n) is 7.75. The van der Waals surface area contributed by atoms with Crippen molar-refractivity contribution >= 4 is 34.6 Å². The molecule has 13 heteroatoms. The van der Waals surface area contributed by atoms with Crippen LogP contribution in [0.5, 0.6) is 0 Å². The molecule has 0 spiro atoms. The second-order valence-electron chi connectivity index (χ2n) is 15.3. The lowest BCUT2D eigenvalue weighted by atomic mass is 9.97. The van der Waals surface area contributed by atoms with Crippen molar-refractivity contribution in [2.45, 2.75) is 63.8 Å². The number of hydrogen-bond acceptors (Lipinski definition) is 10. The molecule has 2 aliphatic rings. The fourth-order valence-corrected chi connectivity index (χ4v) is 7.75. The normalized spacial score (nSPS) is 18.1. The number of non-ortho nitro benzene ring substituents is 1. The summed E-state index contributed by atoms with van der Waals surface area (Å²) in [4.78, 5) is 40.5. The zero-order chi connectivity index (χ0) is 41.8. The second-order valence-corrected chi connectivity index (χ2v) is 15.3. The highest BCUT2D eigenvalue weighted by Crippen LogP contribution is 2.39. The van der Waals surface area contributed by atoms with Gasteiger partial charge in [-0.3, -0.25) is 24.6 Å². The fraction of sp³-hybridized carbons (Fsp3) is 0.319. The number of nitrogen functional groups attached to an aromatic ring is 1. The molecule has 3 atom stereocenters. The number of aliphatic hydroxyl groups excluding tert-OH is 1. The van der Waals surface area contributed by atoms with Gasteiger partial charge in [0, 0.05) is 81.9 Å². The van der Waals surface area contributed by atoms with Gasteiger partial charge in [0.2, 0.25) is 11.8 Å². The standard InChI is InChI=1S/C47H52N6O7/c48-42-9-3-4-10-43(42)50-46(56)12-6-5-11-45(55)49-30-37-7-1-2-8-41(37)34-17-19-36(20-18-34)47-59-40(29-44(60-47)35-15-13-33(32-54)14-16-35)31-51-25-27-52(28-26-51)38-21-23-39(24-22-38)53(57)58/h1-4,7-10,13-24,40,44,47,54H,5-6,11-12,25-32,48H2,(H,49,55)(H,50,56). The average molecular weight is 813 g/mol. The maximum absolute atomic E-state index is 12.8. The Morgan fingerprint density at radius 3 is 2.15 bits per heavy atom. The zero-order valence-corrected chi connectivity index (χ0v) is 33.6. The summed E-state index contributed by atoms with van der Waals surface area (Å²) in [6.07, 6.45) is 1.57. The molecule has 2 amide bonds. The van der Waals surface area contributed by atoms with Crippen LogP contribution in [0.2, 0.25) is 0 Å². The van der Waals surface area contributed by atoms with Crippen molar-refractivity contribution < 1.29 is 29.1 Å².